The first-order valence-electron chi connectivity index (χ1n) is 6.99. The van der Waals surface area contributed by atoms with Crippen molar-refractivity contribution in [2.24, 2.45) is 7.05 Å². The lowest BCUT2D eigenvalue weighted by Gasteiger charge is -2.09. The molecule has 0 unspecified atom stereocenters. The number of nitrogens with zero attached hydrogens (tertiary/aromatic N) is 2. The highest BCUT2D eigenvalue weighted by Crippen LogP contribution is 2.31. The molecular formula is C17H16N2O3S. The van der Waals surface area contributed by atoms with Crippen molar-refractivity contribution < 1.29 is 14.3 Å². The Morgan fingerprint density at radius 1 is 1.13 bits per heavy atom. The van der Waals surface area contributed by atoms with Gasteiger partial charge in [0.15, 0.2) is 5.16 Å². The number of methoxy groups -OCH3 is 2. The number of aromatic nitrogens is 2. The third-order valence-electron chi connectivity index (χ3n) is 3.56. The first-order chi connectivity index (χ1) is 11.1. The second-order valence-corrected chi connectivity index (χ2v) is 5.84. The van der Waals surface area contributed by atoms with E-state index in [4.69, 9.17) is 9.47 Å². The summed E-state index contributed by atoms with van der Waals surface area (Å²) in [5, 5.41) is 0.525. The number of carbonyl (C=O) groups is 1. The van der Waals surface area contributed by atoms with Crippen LogP contribution in [0.25, 0.3) is 11.0 Å². The summed E-state index contributed by atoms with van der Waals surface area (Å²) in [7, 11) is 5.01. The van der Waals surface area contributed by atoms with Gasteiger partial charge in [0.1, 0.15) is 11.5 Å². The predicted octanol–water partition coefficient (Wildman–Crippen LogP) is 3.52. The molecule has 0 saturated carbocycles. The fourth-order valence-corrected chi connectivity index (χ4v) is 3.14. The van der Waals surface area contributed by atoms with E-state index in [2.05, 4.69) is 4.98 Å². The highest BCUT2D eigenvalue weighted by Gasteiger charge is 2.18. The van der Waals surface area contributed by atoms with Gasteiger partial charge in [-0.3, -0.25) is 4.79 Å². The SMILES string of the molecule is COc1ccc(C(=O)Sc2nc3ccccc3n2C)c(OC)c1. The van der Waals surface area contributed by atoms with E-state index in [-0.39, 0.29) is 5.12 Å². The Kier molecular flexibility index (Phi) is 4.25. The van der Waals surface area contributed by atoms with Crippen molar-refractivity contribution in [3.63, 3.8) is 0 Å². The number of rotatable bonds is 4. The van der Waals surface area contributed by atoms with Crippen molar-refractivity contribution in [1.82, 2.24) is 9.55 Å². The molecule has 1 heterocycles. The fraction of sp³-hybridized carbons (Fsp3) is 0.176. The molecule has 5 nitrogen and oxygen atoms in total. The quantitative estimate of drug-likeness (QED) is 0.686. The Hall–Kier alpha value is -2.47. The number of imidazole rings is 1. The lowest BCUT2D eigenvalue weighted by Crippen LogP contribution is -2.01. The van der Waals surface area contributed by atoms with Gasteiger partial charge in [-0.2, -0.15) is 0 Å². The molecule has 0 N–H and O–H groups in total. The Labute approximate surface area is 138 Å². The minimum atomic E-state index is -0.122. The number of aryl methyl sites for hydroxylation is 1. The van der Waals surface area contributed by atoms with Crippen LogP contribution in [0.3, 0.4) is 0 Å². The number of benzene rings is 2. The normalized spacial score (nSPS) is 10.7. The van der Waals surface area contributed by atoms with Crippen molar-refractivity contribution in [3.8, 4) is 11.5 Å². The van der Waals surface area contributed by atoms with Crippen LogP contribution in [-0.4, -0.2) is 28.9 Å². The van der Waals surface area contributed by atoms with Gasteiger partial charge in [0.25, 0.3) is 0 Å². The summed E-state index contributed by atoms with van der Waals surface area (Å²) in [5.41, 5.74) is 2.35. The number of hydrogen-bond acceptors (Lipinski definition) is 5. The Morgan fingerprint density at radius 3 is 2.61 bits per heavy atom. The number of fused-ring (bicyclic) bond motifs is 1. The van der Waals surface area contributed by atoms with Gasteiger partial charge in [0, 0.05) is 13.1 Å². The number of carbonyl (C=O) groups excluding carboxylic acids is 1. The molecule has 0 aliphatic carbocycles. The van der Waals surface area contributed by atoms with E-state index < -0.39 is 0 Å². The molecule has 118 valence electrons. The number of para-hydroxylation sites is 2. The molecule has 0 aliphatic heterocycles. The molecule has 0 atom stereocenters. The first-order valence-corrected chi connectivity index (χ1v) is 7.81. The standard InChI is InChI=1S/C17H16N2O3S/c1-19-14-7-5-4-6-13(14)18-17(19)23-16(20)12-9-8-11(21-2)10-15(12)22-3/h4-10H,1-3H3. The molecule has 0 radical (unpaired) electrons. The maximum Gasteiger partial charge on any atom is 0.230 e. The second-order valence-electron chi connectivity index (χ2n) is 4.90. The van der Waals surface area contributed by atoms with Gasteiger partial charge in [0.05, 0.1) is 30.8 Å². The zero-order valence-corrected chi connectivity index (χ0v) is 13.9. The fourth-order valence-electron chi connectivity index (χ4n) is 2.32. The lowest BCUT2D eigenvalue weighted by atomic mass is 10.2. The number of ether oxygens (including phenoxy) is 2. The molecule has 1 aromatic heterocycles. The second kappa shape index (κ2) is 6.34. The summed E-state index contributed by atoms with van der Waals surface area (Å²) in [5.74, 6) is 1.13. The van der Waals surface area contributed by atoms with Crippen LogP contribution >= 0.6 is 11.8 Å². The predicted molar refractivity (Wildman–Crippen MR) is 90.4 cm³/mol. The van der Waals surface area contributed by atoms with Crippen LogP contribution in [0, 0.1) is 0 Å². The zero-order valence-electron chi connectivity index (χ0n) is 13.1. The van der Waals surface area contributed by atoms with E-state index in [9.17, 15) is 4.79 Å². The van der Waals surface area contributed by atoms with Crippen molar-refractivity contribution in [3.05, 3.63) is 48.0 Å². The van der Waals surface area contributed by atoms with Gasteiger partial charge in [-0.15, -0.1) is 0 Å². The van der Waals surface area contributed by atoms with E-state index in [0.717, 1.165) is 22.8 Å². The summed E-state index contributed by atoms with van der Waals surface area (Å²) >= 11 is 1.08. The minimum Gasteiger partial charge on any atom is -0.497 e. The Balaban J connectivity index is 1.93. The van der Waals surface area contributed by atoms with Gasteiger partial charge in [-0.05, 0) is 36.0 Å². The van der Waals surface area contributed by atoms with Gasteiger partial charge in [-0.25, -0.2) is 4.98 Å². The average Bonchev–Trinajstić information content (AvgIpc) is 2.90. The molecule has 2 aromatic carbocycles. The van der Waals surface area contributed by atoms with Crippen LogP contribution in [0.5, 0.6) is 11.5 Å². The number of hydrogen-bond donors (Lipinski definition) is 0. The van der Waals surface area contributed by atoms with Gasteiger partial charge in [0.2, 0.25) is 5.12 Å². The molecule has 0 spiro atoms. The van der Waals surface area contributed by atoms with Gasteiger partial charge < -0.3 is 14.0 Å². The molecular weight excluding hydrogens is 312 g/mol. The minimum absolute atomic E-state index is 0.122. The Morgan fingerprint density at radius 2 is 1.91 bits per heavy atom. The van der Waals surface area contributed by atoms with Crippen LogP contribution in [0.15, 0.2) is 47.6 Å². The molecule has 0 saturated heterocycles. The maximum absolute atomic E-state index is 12.6. The van der Waals surface area contributed by atoms with Crippen LogP contribution in [0.2, 0.25) is 0 Å². The summed E-state index contributed by atoms with van der Waals surface area (Å²) in [4.78, 5) is 17.1. The van der Waals surface area contributed by atoms with Crippen molar-refractivity contribution >= 4 is 27.9 Å². The van der Waals surface area contributed by atoms with Gasteiger partial charge in [-0.1, -0.05) is 12.1 Å². The molecule has 23 heavy (non-hydrogen) atoms. The highest BCUT2D eigenvalue weighted by atomic mass is 32.2. The monoisotopic (exact) mass is 328 g/mol. The van der Waals surface area contributed by atoms with Crippen molar-refractivity contribution in [1.29, 1.82) is 0 Å². The van der Waals surface area contributed by atoms with Crippen molar-refractivity contribution in [2.75, 3.05) is 14.2 Å². The molecule has 6 heteroatoms. The van der Waals surface area contributed by atoms with Crippen LogP contribution < -0.4 is 9.47 Å². The summed E-state index contributed by atoms with van der Waals surface area (Å²) in [6.07, 6.45) is 0. The van der Waals surface area contributed by atoms with Crippen LogP contribution in [0.4, 0.5) is 0 Å². The highest BCUT2D eigenvalue weighted by molar-refractivity contribution is 8.14. The first kappa shape index (κ1) is 15.4. The summed E-state index contributed by atoms with van der Waals surface area (Å²) < 4.78 is 12.4. The number of thioether (sulfide) groups is 1. The summed E-state index contributed by atoms with van der Waals surface area (Å²) in [6, 6.07) is 12.9. The Bertz CT molecular complexity index is 873. The van der Waals surface area contributed by atoms with Crippen LogP contribution in [0.1, 0.15) is 10.4 Å². The summed E-state index contributed by atoms with van der Waals surface area (Å²) in [6.45, 7) is 0. The van der Waals surface area contributed by atoms with E-state index in [1.807, 2.05) is 35.9 Å². The van der Waals surface area contributed by atoms with Crippen LogP contribution in [-0.2, 0) is 7.05 Å². The van der Waals surface area contributed by atoms with E-state index in [1.54, 1.807) is 25.3 Å². The third kappa shape index (κ3) is 2.90. The molecule has 3 rings (SSSR count). The average molecular weight is 328 g/mol. The van der Waals surface area contributed by atoms with E-state index in [1.165, 1.54) is 7.11 Å². The lowest BCUT2D eigenvalue weighted by molar-refractivity contribution is 0.108. The maximum atomic E-state index is 12.6. The molecule has 0 aliphatic rings. The third-order valence-corrected chi connectivity index (χ3v) is 4.51. The molecule has 0 bridgehead atoms. The molecule has 0 amide bonds. The smallest absolute Gasteiger partial charge is 0.230 e. The molecule has 3 aromatic rings. The van der Waals surface area contributed by atoms with Crippen molar-refractivity contribution in [2.45, 2.75) is 5.16 Å². The van der Waals surface area contributed by atoms with E-state index >= 15 is 0 Å². The topological polar surface area (TPSA) is 53.3 Å². The van der Waals surface area contributed by atoms with Gasteiger partial charge >= 0.3 is 0 Å². The molecule has 0 fully saturated rings. The van der Waals surface area contributed by atoms with E-state index in [0.29, 0.717) is 22.2 Å². The largest absolute Gasteiger partial charge is 0.497 e. The zero-order chi connectivity index (χ0) is 16.4.